The van der Waals surface area contributed by atoms with E-state index in [1.165, 1.54) is 12.1 Å². The maximum Gasteiger partial charge on any atom is 0.249 e. The lowest BCUT2D eigenvalue weighted by atomic mass is 10.1. The molecule has 1 saturated carbocycles. The molecular weight excluding hydrogens is 285 g/mol. The predicted molar refractivity (Wildman–Crippen MR) is 75.2 cm³/mol. The van der Waals surface area contributed by atoms with Gasteiger partial charge >= 0.3 is 0 Å². The Morgan fingerprint density at radius 1 is 1.32 bits per heavy atom. The lowest BCUT2D eigenvalue weighted by Gasteiger charge is -2.22. The molecule has 0 N–H and O–H groups in total. The van der Waals surface area contributed by atoms with E-state index in [0.29, 0.717) is 31.2 Å². The summed E-state index contributed by atoms with van der Waals surface area (Å²) in [5.41, 5.74) is 0.766. The van der Waals surface area contributed by atoms with Crippen molar-refractivity contribution in [2.24, 2.45) is 0 Å². The number of hydrogen-bond donors (Lipinski definition) is 0. The highest BCUT2D eigenvalue weighted by molar-refractivity contribution is 5.78. The summed E-state index contributed by atoms with van der Waals surface area (Å²) in [6.45, 7) is 0.363. The van der Waals surface area contributed by atoms with Crippen molar-refractivity contribution in [3.8, 4) is 0 Å². The Morgan fingerprint density at radius 2 is 2.18 bits per heavy atom. The van der Waals surface area contributed by atoms with Gasteiger partial charge in [0.05, 0.1) is 0 Å². The van der Waals surface area contributed by atoms with Crippen LogP contribution in [0.25, 0.3) is 0 Å². The van der Waals surface area contributed by atoms with Crippen LogP contribution >= 0.6 is 0 Å². The van der Waals surface area contributed by atoms with Crippen LogP contribution in [0.4, 0.5) is 4.39 Å². The van der Waals surface area contributed by atoms with E-state index in [1.54, 1.807) is 11.0 Å². The topological polar surface area (TPSA) is 59.2 Å². The summed E-state index contributed by atoms with van der Waals surface area (Å²) < 4.78 is 18.7. The Bertz CT molecular complexity index is 711. The third kappa shape index (κ3) is 2.49. The van der Waals surface area contributed by atoms with E-state index < -0.39 is 0 Å². The molecule has 2 aromatic rings. The third-order valence-electron chi connectivity index (χ3n) is 4.26. The van der Waals surface area contributed by atoms with Gasteiger partial charge in [-0.3, -0.25) is 4.79 Å². The van der Waals surface area contributed by atoms with Crippen LogP contribution in [0.5, 0.6) is 0 Å². The van der Waals surface area contributed by atoms with Gasteiger partial charge in [-0.05, 0) is 37.0 Å². The molecule has 1 saturated heterocycles. The Balaban J connectivity index is 1.56. The minimum Gasteiger partial charge on any atom is -0.337 e. The molecule has 1 aliphatic carbocycles. The monoisotopic (exact) mass is 301 g/mol. The first-order chi connectivity index (χ1) is 10.7. The standard InChI is InChI=1S/C16H16FN3O2/c17-12-3-1-2-10(8-12)9-20-13(6-7-14(20)21)16-18-15(19-22-16)11-4-5-11/h1-3,8,11,13H,4-7,9H2. The number of halogens is 1. The van der Waals surface area contributed by atoms with Crippen molar-refractivity contribution in [2.45, 2.75) is 44.2 Å². The fraction of sp³-hybridized carbons (Fsp3) is 0.438. The second-order valence-corrected chi connectivity index (χ2v) is 5.97. The summed E-state index contributed by atoms with van der Waals surface area (Å²) in [6.07, 6.45) is 3.34. The van der Waals surface area contributed by atoms with E-state index in [0.717, 1.165) is 24.2 Å². The second kappa shape index (κ2) is 5.19. The highest BCUT2D eigenvalue weighted by Crippen LogP contribution is 2.40. The van der Waals surface area contributed by atoms with Crippen LogP contribution in [-0.2, 0) is 11.3 Å². The molecule has 0 bridgehead atoms. The SMILES string of the molecule is O=C1CCC(c2nc(C3CC3)no2)N1Cc1cccc(F)c1. The average molecular weight is 301 g/mol. The van der Waals surface area contributed by atoms with E-state index in [1.807, 2.05) is 6.07 Å². The van der Waals surface area contributed by atoms with Crippen molar-refractivity contribution < 1.29 is 13.7 Å². The summed E-state index contributed by atoms with van der Waals surface area (Å²) in [7, 11) is 0. The fourth-order valence-electron chi connectivity index (χ4n) is 2.91. The highest BCUT2D eigenvalue weighted by Gasteiger charge is 2.37. The van der Waals surface area contributed by atoms with Crippen LogP contribution in [0.2, 0.25) is 0 Å². The zero-order valence-corrected chi connectivity index (χ0v) is 12.0. The van der Waals surface area contributed by atoms with Crippen molar-refractivity contribution in [1.29, 1.82) is 0 Å². The van der Waals surface area contributed by atoms with Crippen LogP contribution in [0, 0.1) is 5.82 Å². The summed E-state index contributed by atoms with van der Waals surface area (Å²) >= 11 is 0. The van der Waals surface area contributed by atoms with Gasteiger partial charge in [0.25, 0.3) is 0 Å². The summed E-state index contributed by atoms with van der Waals surface area (Å²) in [4.78, 5) is 18.3. The molecule has 1 aromatic carbocycles. The van der Waals surface area contributed by atoms with E-state index in [2.05, 4.69) is 10.1 Å². The number of carbonyl (C=O) groups excluding carboxylic acids is 1. The number of carbonyl (C=O) groups is 1. The van der Waals surface area contributed by atoms with Crippen molar-refractivity contribution in [3.05, 3.63) is 47.4 Å². The average Bonchev–Trinajstić information content (AvgIpc) is 3.14. The molecule has 6 heteroatoms. The quantitative estimate of drug-likeness (QED) is 0.871. The lowest BCUT2D eigenvalue weighted by Crippen LogP contribution is -2.27. The van der Waals surface area contributed by atoms with Gasteiger partial charge in [-0.25, -0.2) is 4.39 Å². The summed E-state index contributed by atoms with van der Waals surface area (Å²) in [5, 5.41) is 4.02. The minimum absolute atomic E-state index is 0.0421. The summed E-state index contributed by atoms with van der Waals surface area (Å²) in [6, 6.07) is 6.11. The highest BCUT2D eigenvalue weighted by atomic mass is 19.1. The van der Waals surface area contributed by atoms with Crippen LogP contribution in [0.1, 0.15) is 54.9 Å². The third-order valence-corrected chi connectivity index (χ3v) is 4.26. The maximum absolute atomic E-state index is 13.3. The molecule has 2 aliphatic rings. The van der Waals surface area contributed by atoms with Gasteiger partial charge in [0.2, 0.25) is 11.8 Å². The predicted octanol–water partition coefficient (Wildman–Crippen LogP) is 2.95. The Morgan fingerprint density at radius 3 is 2.95 bits per heavy atom. The zero-order valence-electron chi connectivity index (χ0n) is 12.0. The molecule has 4 rings (SSSR count). The largest absolute Gasteiger partial charge is 0.337 e. The van der Waals surface area contributed by atoms with Crippen molar-refractivity contribution in [3.63, 3.8) is 0 Å². The van der Waals surface area contributed by atoms with Crippen molar-refractivity contribution >= 4 is 5.91 Å². The molecule has 1 atom stereocenters. The van der Waals surface area contributed by atoms with Gasteiger partial charge in [0, 0.05) is 18.9 Å². The van der Waals surface area contributed by atoms with Gasteiger partial charge in [0.1, 0.15) is 11.9 Å². The molecule has 0 spiro atoms. The van der Waals surface area contributed by atoms with E-state index in [-0.39, 0.29) is 17.8 Å². The van der Waals surface area contributed by atoms with Crippen LogP contribution in [0.15, 0.2) is 28.8 Å². The fourth-order valence-corrected chi connectivity index (χ4v) is 2.91. The zero-order chi connectivity index (χ0) is 15.1. The number of aromatic nitrogens is 2. The number of nitrogens with zero attached hydrogens (tertiary/aromatic N) is 3. The molecule has 5 nitrogen and oxygen atoms in total. The minimum atomic E-state index is -0.297. The van der Waals surface area contributed by atoms with Crippen molar-refractivity contribution in [2.75, 3.05) is 0 Å². The Kier molecular flexibility index (Phi) is 3.17. The molecule has 114 valence electrons. The first-order valence-corrected chi connectivity index (χ1v) is 7.58. The second-order valence-electron chi connectivity index (χ2n) is 5.97. The molecule has 1 aromatic heterocycles. The molecule has 1 unspecified atom stereocenters. The number of rotatable bonds is 4. The Labute approximate surface area is 127 Å². The van der Waals surface area contributed by atoms with Gasteiger partial charge < -0.3 is 9.42 Å². The van der Waals surface area contributed by atoms with E-state index in [4.69, 9.17) is 4.52 Å². The van der Waals surface area contributed by atoms with E-state index in [9.17, 15) is 9.18 Å². The number of amides is 1. The van der Waals surface area contributed by atoms with Crippen LogP contribution in [-0.4, -0.2) is 20.9 Å². The lowest BCUT2D eigenvalue weighted by molar-refractivity contribution is -0.130. The molecule has 1 amide bonds. The summed E-state index contributed by atoms with van der Waals surface area (Å²) in [5.74, 6) is 1.42. The maximum atomic E-state index is 13.3. The smallest absolute Gasteiger partial charge is 0.249 e. The number of likely N-dealkylation sites (tertiary alicyclic amines) is 1. The van der Waals surface area contributed by atoms with Gasteiger partial charge in [-0.15, -0.1) is 0 Å². The molecular formula is C16H16FN3O2. The first-order valence-electron chi connectivity index (χ1n) is 7.58. The first kappa shape index (κ1) is 13.4. The van der Waals surface area contributed by atoms with Crippen LogP contribution in [0.3, 0.4) is 0 Å². The van der Waals surface area contributed by atoms with Gasteiger partial charge in [-0.1, -0.05) is 17.3 Å². The Hall–Kier alpha value is -2.24. The van der Waals surface area contributed by atoms with E-state index >= 15 is 0 Å². The molecule has 22 heavy (non-hydrogen) atoms. The van der Waals surface area contributed by atoms with Gasteiger partial charge in [0.15, 0.2) is 5.82 Å². The molecule has 2 fully saturated rings. The molecule has 2 heterocycles. The molecule has 0 radical (unpaired) electrons. The normalized spacial score (nSPS) is 21.6. The number of hydrogen-bond acceptors (Lipinski definition) is 4. The van der Waals surface area contributed by atoms with Crippen molar-refractivity contribution in [1.82, 2.24) is 15.0 Å². The van der Waals surface area contributed by atoms with Crippen LogP contribution < -0.4 is 0 Å². The van der Waals surface area contributed by atoms with Gasteiger partial charge in [-0.2, -0.15) is 4.98 Å². The molecule has 1 aliphatic heterocycles. The number of benzene rings is 1.